The number of aliphatic hydroxyl groups excluding tert-OH is 1. The van der Waals surface area contributed by atoms with E-state index in [9.17, 15) is 9.90 Å². The van der Waals surface area contributed by atoms with Gasteiger partial charge in [-0.3, -0.25) is 4.90 Å². The Morgan fingerprint density at radius 2 is 1.69 bits per heavy atom. The van der Waals surface area contributed by atoms with Crippen molar-refractivity contribution >= 4 is 6.09 Å². The van der Waals surface area contributed by atoms with Crippen LogP contribution >= 0.6 is 0 Å². The predicted octanol–water partition coefficient (Wildman–Crippen LogP) is 4.23. The van der Waals surface area contributed by atoms with Crippen LogP contribution in [0, 0.1) is 0 Å². The Morgan fingerprint density at radius 3 is 2.31 bits per heavy atom. The number of carbonyl (C=O) groups excluding carboxylic acids is 1. The third-order valence-corrected chi connectivity index (χ3v) is 5.12. The first-order chi connectivity index (χ1) is 13.8. The third-order valence-electron chi connectivity index (χ3n) is 5.12. The van der Waals surface area contributed by atoms with Crippen molar-refractivity contribution in [3.8, 4) is 0 Å². The first-order valence-corrected chi connectivity index (χ1v) is 10.3. The Bertz CT molecular complexity index is 774. The number of piperazine rings is 1. The molecule has 1 saturated heterocycles. The fourth-order valence-electron chi connectivity index (χ4n) is 3.74. The smallest absolute Gasteiger partial charge is 0.410 e. The van der Waals surface area contributed by atoms with Crippen LogP contribution in [0.15, 0.2) is 60.7 Å². The lowest BCUT2D eigenvalue weighted by Gasteiger charge is -2.42. The van der Waals surface area contributed by atoms with E-state index in [1.54, 1.807) is 4.90 Å². The minimum atomic E-state index is -0.622. The highest BCUT2D eigenvalue weighted by molar-refractivity contribution is 5.68. The molecule has 156 valence electrons. The largest absolute Gasteiger partial charge is 0.444 e. The van der Waals surface area contributed by atoms with Gasteiger partial charge in [-0.05, 0) is 38.3 Å². The number of aliphatic hydroxyl groups is 1. The number of rotatable bonds is 5. The van der Waals surface area contributed by atoms with Crippen LogP contribution in [0.1, 0.15) is 44.4 Å². The van der Waals surface area contributed by atoms with Crippen LogP contribution in [0.5, 0.6) is 0 Å². The molecule has 0 saturated carbocycles. The third kappa shape index (κ3) is 6.31. The number of hydrogen-bond donors (Lipinski definition) is 1. The second-order valence-electron chi connectivity index (χ2n) is 8.71. The molecule has 0 bridgehead atoms. The van der Waals surface area contributed by atoms with Gasteiger partial charge in [-0.2, -0.15) is 0 Å². The summed E-state index contributed by atoms with van der Waals surface area (Å²) in [5, 5.41) is 10.8. The zero-order chi connectivity index (χ0) is 20.9. The van der Waals surface area contributed by atoms with Gasteiger partial charge in [-0.15, -0.1) is 0 Å². The standard InChI is InChI=1S/C24H32N2O3/c1-24(2,3)29-23(28)26-15-14-25(17-19-10-6-4-7-11-19)18-21(26)16-22(27)20-12-8-5-9-13-20/h4-13,21-22,27H,14-18H2,1-3H3. The molecule has 1 aliphatic heterocycles. The summed E-state index contributed by atoms with van der Waals surface area (Å²) < 4.78 is 5.64. The molecule has 0 aliphatic carbocycles. The molecule has 2 atom stereocenters. The second kappa shape index (κ2) is 9.42. The number of ether oxygens (including phenoxy) is 1. The van der Waals surface area contributed by atoms with Crippen molar-refractivity contribution in [3.63, 3.8) is 0 Å². The molecule has 2 aromatic rings. The summed E-state index contributed by atoms with van der Waals surface area (Å²) in [6.45, 7) is 8.55. The van der Waals surface area contributed by atoms with Crippen LogP contribution < -0.4 is 0 Å². The van der Waals surface area contributed by atoms with Gasteiger partial charge in [0.1, 0.15) is 5.60 Å². The molecule has 2 unspecified atom stereocenters. The Labute approximate surface area is 173 Å². The van der Waals surface area contributed by atoms with Gasteiger partial charge >= 0.3 is 6.09 Å². The molecule has 2 aromatic carbocycles. The van der Waals surface area contributed by atoms with Gasteiger partial charge in [-0.1, -0.05) is 60.7 Å². The number of carbonyl (C=O) groups is 1. The summed E-state index contributed by atoms with van der Waals surface area (Å²) in [4.78, 5) is 16.9. The predicted molar refractivity (Wildman–Crippen MR) is 114 cm³/mol. The monoisotopic (exact) mass is 396 g/mol. The molecule has 1 amide bonds. The normalized spacial score (nSPS) is 19.0. The number of benzene rings is 2. The Balaban J connectivity index is 1.72. The molecule has 0 radical (unpaired) electrons. The summed E-state index contributed by atoms with van der Waals surface area (Å²) in [6.07, 6.45) is -0.445. The van der Waals surface area contributed by atoms with Gasteiger partial charge in [0, 0.05) is 26.2 Å². The molecule has 0 aromatic heterocycles. The van der Waals surface area contributed by atoms with E-state index in [-0.39, 0.29) is 12.1 Å². The van der Waals surface area contributed by atoms with Crippen molar-refractivity contribution < 1.29 is 14.6 Å². The van der Waals surface area contributed by atoms with Gasteiger partial charge in [-0.25, -0.2) is 4.79 Å². The SMILES string of the molecule is CC(C)(C)OC(=O)N1CCN(Cc2ccccc2)CC1CC(O)c1ccccc1. The Morgan fingerprint density at radius 1 is 1.07 bits per heavy atom. The highest BCUT2D eigenvalue weighted by atomic mass is 16.6. The number of hydrogen-bond acceptors (Lipinski definition) is 4. The molecule has 29 heavy (non-hydrogen) atoms. The summed E-state index contributed by atoms with van der Waals surface area (Å²) in [7, 11) is 0. The van der Waals surface area contributed by atoms with E-state index in [0.29, 0.717) is 19.5 Å². The summed E-state index contributed by atoms with van der Waals surface area (Å²) in [5.74, 6) is 0. The fraction of sp³-hybridized carbons (Fsp3) is 0.458. The maximum Gasteiger partial charge on any atom is 0.410 e. The zero-order valence-corrected chi connectivity index (χ0v) is 17.6. The van der Waals surface area contributed by atoms with E-state index in [4.69, 9.17) is 4.74 Å². The van der Waals surface area contributed by atoms with Crippen molar-refractivity contribution in [1.82, 2.24) is 9.80 Å². The Hall–Kier alpha value is -2.37. The van der Waals surface area contributed by atoms with Crippen molar-refractivity contribution in [2.75, 3.05) is 19.6 Å². The van der Waals surface area contributed by atoms with Crippen LogP contribution in [0.4, 0.5) is 4.79 Å². The summed E-state index contributed by atoms with van der Waals surface area (Å²) >= 11 is 0. The molecule has 5 heteroatoms. The van der Waals surface area contributed by atoms with Crippen LogP contribution in [0.2, 0.25) is 0 Å². The average molecular weight is 397 g/mol. The number of amides is 1. The summed E-state index contributed by atoms with van der Waals surface area (Å²) in [5.41, 5.74) is 1.58. The average Bonchev–Trinajstić information content (AvgIpc) is 2.68. The van der Waals surface area contributed by atoms with Crippen LogP contribution in [-0.2, 0) is 11.3 Å². The Kier molecular flexibility index (Phi) is 6.93. The van der Waals surface area contributed by atoms with E-state index in [0.717, 1.165) is 18.7 Å². The van der Waals surface area contributed by atoms with Gasteiger partial charge in [0.05, 0.1) is 12.1 Å². The second-order valence-corrected chi connectivity index (χ2v) is 8.71. The molecule has 1 aliphatic rings. The lowest BCUT2D eigenvalue weighted by Crippen LogP contribution is -2.56. The van der Waals surface area contributed by atoms with Crippen molar-refractivity contribution in [2.24, 2.45) is 0 Å². The highest BCUT2D eigenvalue weighted by Crippen LogP contribution is 2.25. The maximum atomic E-state index is 12.8. The van der Waals surface area contributed by atoms with Gasteiger partial charge in [0.15, 0.2) is 0 Å². The lowest BCUT2D eigenvalue weighted by atomic mass is 9.99. The minimum absolute atomic E-state index is 0.113. The highest BCUT2D eigenvalue weighted by Gasteiger charge is 2.34. The van der Waals surface area contributed by atoms with Crippen LogP contribution in [0.3, 0.4) is 0 Å². The summed E-state index contributed by atoms with van der Waals surface area (Å²) in [6, 6.07) is 19.9. The van der Waals surface area contributed by atoms with Crippen molar-refractivity contribution in [3.05, 3.63) is 71.8 Å². The van der Waals surface area contributed by atoms with Crippen molar-refractivity contribution in [2.45, 2.75) is 51.5 Å². The fourth-order valence-corrected chi connectivity index (χ4v) is 3.74. The molecular formula is C24H32N2O3. The quantitative estimate of drug-likeness (QED) is 0.822. The molecule has 1 N–H and O–H groups in total. The van der Waals surface area contributed by atoms with E-state index >= 15 is 0 Å². The maximum absolute atomic E-state index is 12.8. The minimum Gasteiger partial charge on any atom is -0.444 e. The zero-order valence-electron chi connectivity index (χ0n) is 17.6. The molecule has 3 rings (SSSR count). The van der Waals surface area contributed by atoms with E-state index < -0.39 is 11.7 Å². The molecule has 5 nitrogen and oxygen atoms in total. The van der Waals surface area contributed by atoms with Gasteiger partial charge in [0.2, 0.25) is 0 Å². The van der Waals surface area contributed by atoms with Crippen molar-refractivity contribution in [1.29, 1.82) is 0 Å². The number of nitrogens with zero attached hydrogens (tertiary/aromatic N) is 2. The van der Waals surface area contributed by atoms with E-state index in [2.05, 4.69) is 17.0 Å². The van der Waals surface area contributed by atoms with Gasteiger partial charge < -0.3 is 14.7 Å². The molecule has 1 heterocycles. The topological polar surface area (TPSA) is 53.0 Å². The first kappa shape index (κ1) is 21.3. The lowest BCUT2D eigenvalue weighted by molar-refractivity contribution is -0.0118. The molecule has 0 spiro atoms. The van der Waals surface area contributed by atoms with E-state index in [1.807, 2.05) is 69.3 Å². The molecular weight excluding hydrogens is 364 g/mol. The van der Waals surface area contributed by atoms with Crippen LogP contribution in [-0.4, -0.2) is 52.3 Å². The van der Waals surface area contributed by atoms with Gasteiger partial charge in [0.25, 0.3) is 0 Å². The van der Waals surface area contributed by atoms with Crippen LogP contribution in [0.25, 0.3) is 0 Å². The molecule has 1 fully saturated rings. The van der Waals surface area contributed by atoms with E-state index in [1.165, 1.54) is 5.56 Å². The first-order valence-electron chi connectivity index (χ1n) is 10.3.